The zero-order valence-electron chi connectivity index (χ0n) is 30.6. The van der Waals surface area contributed by atoms with Crippen LogP contribution >= 0.6 is 0 Å². The Labute approximate surface area is 301 Å². The van der Waals surface area contributed by atoms with E-state index in [4.69, 9.17) is 4.74 Å². The summed E-state index contributed by atoms with van der Waals surface area (Å²) >= 11 is 0. The summed E-state index contributed by atoms with van der Waals surface area (Å²) in [4.78, 5) is 30.4. The van der Waals surface area contributed by atoms with Crippen LogP contribution < -0.4 is 0 Å². The van der Waals surface area contributed by atoms with Crippen LogP contribution in [0, 0.1) is 68.3 Å². The van der Waals surface area contributed by atoms with Crippen LogP contribution in [0.3, 0.4) is 0 Å². The first-order valence-corrected chi connectivity index (χ1v) is 19.9. The maximum atomic E-state index is 14.7. The van der Waals surface area contributed by atoms with E-state index in [9.17, 15) is 28.6 Å². The van der Waals surface area contributed by atoms with Gasteiger partial charge in [0.15, 0.2) is 17.4 Å². The zero-order chi connectivity index (χ0) is 35.8. The lowest BCUT2D eigenvalue weighted by molar-refractivity contribution is -0.177. The predicted molar refractivity (Wildman–Crippen MR) is 188 cm³/mol. The smallest absolute Gasteiger partial charge is 0.409 e. The molecule has 7 saturated carbocycles. The van der Waals surface area contributed by atoms with Crippen molar-refractivity contribution in [3.8, 4) is 0 Å². The van der Waals surface area contributed by atoms with E-state index < -0.39 is 39.6 Å². The quantitative estimate of drug-likeness (QED) is 0.220. The van der Waals surface area contributed by atoms with E-state index in [2.05, 4.69) is 32.1 Å². The molecule has 276 valence electrons. The number of aliphatic hydroxyl groups is 2. The highest BCUT2D eigenvalue weighted by Gasteiger charge is 2.74. The second-order valence-corrected chi connectivity index (χ2v) is 19.2. The number of fused-ring (bicyclic) bond motifs is 1. The largest absolute Gasteiger partial charge is 0.450 e. The number of Topliss-reactive ketones (excluding diaryl/α,β-unsaturated/α-hetero) is 1. The number of halogens is 2. The van der Waals surface area contributed by atoms with Gasteiger partial charge in [-0.3, -0.25) is 4.79 Å². The average molecular weight is 704 g/mol. The molecular formula is C43H55F2NO5. The summed E-state index contributed by atoms with van der Waals surface area (Å²) in [5.41, 5.74) is -2.50. The minimum Gasteiger partial charge on any atom is -0.450 e. The molecule has 7 fully saturated rings. The van der Waals surface area contributed by atoms with Crippen LogP contribution in [0.5, 0.6) is 0 Å². The van der Waals surface area contributed by atoms with Crippen molar-refractivity contribution in [3.05, 3.63) is 59.2 Å². The number of hydrogen-bond donors (Lipinski definition) is 2. The van der Waals surface area contributed by atoms with Gasteiger partial charge in [0.25, 0.3) is 0 Å². The second-order valence-electron chi connectivity index (χ2n) is 19.2. The highest BCUT2D eigenvalue weighted by Crippen LogP contribution is 2.78. The van der Waals surface area contributed by atoms with Crippen molar-refractivity contribution in [1.29, 1.82) is 0 Å². The molecule has 1 aromatic carbocycles. The minimum absolute atomic E-state index is 0.0744. The van der Waals surface area contributed by atoms with Crippen molar-refractivity contribution in [1.82, 2.24) is 4.90 Å². The first kappa shape index (κ1) is 34.2. The molecule has 0 saturated heterocycles. The Morgan fingerprint density at radius 1 is 0.863 bits per heavy atom. The molecule has 11 rings (SSSR count). The Morgan fingerprint density at radius 2 is 1.51 bits per heavy atom. The predicted octanol–water partition coefficient (Wildman–Crippen LogP) is 8.41. The van der Waals surface area contributed by atoms with E-state index in [1.165, 1.54) is 25.3 Å². The lowest BCUT2D eigenvalue weighted by atomic mass is 9.32. The Kier molecular flexibility index (Phi) is 7.53. The van der Waals surface area contributed by atoms with Gasteiger partial charge in [0.05, 0.1) is 24.9 Å². The molecule has 6 nitrogen and oxygen atoms in total. The summed E-state index contributed by atoms with van der Waals surface area (Å²) in [6.07, 6.45) is 17.9. The van der Waals surface area contributed by atoms with Gasteiger partial charge in [0.1, 0.15) is 0 Å². The number of carbonyl (C=O) groups excluding carboxylic acids is 2. The third kappa shape index (κ3) is 4.63. The summed E-state index contributed by atoms with van der Waals surface area (Å²) in [5, 5.41) is 24.1. The molecule has 1 unspecified atom stereocenters. The summed E-state index contributed by atoms with van der Waals surface area (Å²) in [7, 11) is 0. The molecule has 0 radical (unpaired) electrons. The molecule has 10 aliphatic carbocycles. The molecule has 2 N–H and O–H groups in total. The number of allylic oxidation sites excluding steroid dienone is 4. The first-order valence-electron chi connectivity index (χ1n) is 19.9. The Bertz CT molecular complexity index is 1690. The fraction of sp³-hybridized carbons (Fsp3) is 0.721. The van der Waals surface area contributed by atoms with Gasteiger partial charge in [-0.25, -0.2) is 13.6 Å². The standard InChI is InChI=1S/C43H55F2NO5/c1-4-51-37(49)46(24-40-19-26-15-27(20-40)17-28(16-26)21-40)25-42(50)12-9-35-39(42,3)11-8-34-38(2)10-7-30(47)22-41(38)13-14-43(34,35)31(23-41)36(48)29-5-6-32(44)33(45)18-29/h5-6,13-14,18,23,26-28,30,34-35,47,50H,4,7-12,15-17,19-22,24-25H2,1-3H3/t26?,27?,28?,30?,34-,35-,38-,39+,40?,41+,42-,43-/m1/s1. The van der Waals surface area contributed by atoms with Crippen LogP contribution in [-0.4, -0.2) is 58.4 Å². The Balaban J connectivity index is 1.10. The number of ether oxygens (including phenoxy) is 1. The zero-order valence-corrected chi connectivity index (χ0v) is 30.6. The fourth-order valence-corrected chi connectivity index (χ4v) is 15.0. The Hall–Kier alpha value is -2.58. The molecule has 6 bridgehead atoms. The molecule has 8 heteroatoms. The van der Waals surface area contributed by atoms with Crippen LogP contribution in [0.2, 0.25) is 0 Å². The number of ketones is 1. The second kappa shape index (κ2) is 11.2. The van der Waals surface area contributed by atoms with Gasteiger partial charge < -0.3 is 19.8 Å². The Morgan fingerprint density at radius 3 is 2.18 bits per heavy atom. The topological polar surface area (TPSA) is 87.1 Å². The van der Waals surface area contributed by atoms with Crippen molar-refractivity contribution in [2.75, 3.05) is 19.7 Å². The highest BCUT2D eigenvalue weighted by atomic mass is 19.2. The molecule has 0 aromatic heterocycles. The van der Waals surface area contributed by atoms with Crippen LogP contribution in [0.4, 0.5) is 13.6 Å². The molecule has 2 spiro atoms. The average Bonchev–Trinajstić information content (AvgIpc) is 3.34. The monoisotopic (exact) mass is 703 g/mol. The van der Waals surface area contributed by atoms with Crippen molar-refractivity contribution >= 4 is 11.9 Å². The third-order valence-electron chi connectivity index (χ3n) is 16.8. The maximum absolute atomic E-state index is 14.7. The summed E-state index contributed by atoms with van der Waals surface area (Å²) in [6, 6.07) is 3.41. The van der Waals surface area contributed by atoms with Gasteiger partial charge in [-0.05, 0) is 149 Å². The van der Waals surface area contributed by atoms with E-state index in [-0.39, 0.29) is 53.3 Å². The van der Waals surface area contributed by atoms with E-state index in [1.54, 1.807) is 0 Å². The molecule has 0 heterocycles. The van der Waals surface area contributed by atoms with Gasteiger partial charge in [-0.1, -0.05) is 32.1 Å². The minimum atomic E-state index is -1.20. The third-order valence-corrected chi connectivity index (χ3v) is 16.8. The van der Waals surface area contributed by atoms with Crippen LogP contribution in [0.15, 0.2) is 42.0 Å². The highest BCUT2D eigenvalue weighted by molar-refractivity contribution is 6.10. The molecule has 0 aliphatic heterocycles. The number of carbonyl (C=O) groups is 2. The normalized spacial score (nSPS) is 47.0. The van der Waals surface area contributed by atoms with Gasteiger partial charge in [0.2, 0.25) is 0 Å². The van der Waals surface area contributed by atoms with Gasteiger partial charge >= 0.3 is 6.09 Å². The van der Waals surface area contributed by atoms with Gasteiger partial charge in [-0.2, -0.15) is 0 Å². The van der Waals surface area contributed by atoms with Crippen LogP contribution in [0.1, 0.15) is 115 Å². The van der Waals surface area contributed by atoms with E-state index in [0.717, 1.165) is 68.4 Å². The number of benzene rings is 1. The summed E-state index contributed by atoms with van der Waals surface area (Å²) in [6.45, 7) is 7.45. The first-order chi connectivity index (χ1) is 24.2. The molecule has 1 aromatic rings. The maximum Gasteiger partial charge on any atom is 0.409 e. The lowest BCUT2D eigenvalue weighted by Gasteiger charge is -2.71. The van der Waals surface area contributed by atoms with Crippen molar-refractivity contribution < 1.29 is 33.3 Å². The van der Waals surface area contributed by atoms with Crippen molar-refractivity contribution in [2.45, 2.75) is 116 Å². The molecule has 1 amide bonds. The molecule has 51 heavy (non-hydrogen) atoms. The molecule has 10 aliphatic rings. The van der Waals surface area contributed by atoms with E-state index in [0.29, 0.717) is 37.8 Å². The SMILES string of the molecule is CCOC(=O)N(CC12CC3CC(CC(C3)C1)C2)C[C@]1(O)CC[C@H]2[C@]34C=C[C@@]5(C=C3C(=O)c3ccc(F)c(F)c3)CC(O)CC[C@]5(C)[C@H]4CC[C@@]21C. The van der Waals surface area contributed by atoms with Crippen LogP contribution in [0.25, 0.3) is 0 Å². The fourth-order valence-electron chi connectivity index (χ4n) is 15.0. The van der Waals surface area contributed by atoms with Crippen molar-refractivity contribution in [2.24, 2.45) is 56.7 Å². The number of nitrogens with zero attached hydrogens (tertiary/aromatic N) is 1. The van der Waals surface area contributed by atoms with Crippen molar-refractivity contribution in [3.63, 3.8) is 0 Å². The van der Waals surface area contributed by atoms with E-state index in [1.807, 2.05) is 11.8 Å². The molecular weight excluding hydrogens is 648 g/mol. The van der Waals surface area contributed by atoms with E-state index >= 15 is 0 Å². The number of hydrogen-bond acceptors (Lipinski definition) is 5. The van der Waals surface area contributed by atoms with Gasteiger partial charge in [0, 0.05) is 33.9 Å². The molecule has 8 atom stereocenters. The summed E-state index contributed by atoms with van der Waals surface area (Å²) < 4.78 is 34.4. The number of aliphatic hydroxyl groups excluding tert-OH is 1. The number of amides is 1. The number of rotatable bonds is 7. The lowest BCUT2D eigenvalue weighted by Crippen LogP contribution is -2.67. The van der Waals surface area contributed by atoms with Crippen LogP contribution in [-0.2, 0) is 4.74 Å². The summed E-state index contributed by atoms with van der Waals surface area (Å²) in [5.74, 6) is -0.175. The van der Waals surface area contributed by atoms with Gasteiger partial charge in [-0.15, -0.1) is 0 Å².